The number of amides is 3. The van der Waals surface area contributed by atoms with E-state index in [0.29, 0.717) is 67.9 Å². The maximum absolute atomic E-state index is 14.0. The molecule has 4 aliphatic rings. The van der Waals surface area contributed by atoms with Gasteiger partial charge in [-0.15, -0.1) is 0 Å². The highest BCUT2D eigenvalue weighted by Crippen LogP contribution is 2.31. The highest BCUT2D eigenvalue weighted by molar-refractivity contribution is 6.11. The molecule has 15 heteroatoms. The van der Waals surface area contributed by atoms with E-state index in [1.54, 1.807) is 0 Å². The average molecular weight is 818 g/mol. The third-order valence-corrected chi connectivity index (χ3v) is 12.1. The standard InChI is InChI=1S/C45H49F2N9O4/c46-32-20-29(21-33(47)24-32)19-28-1-6-39-38(22-28)43(53-52-39)51-44(58)37-5-4-36(25-40(37)49-34-9-17-60-18-10-34)55-15-13-54(14-16-55)12-11-48-35-3-2-30-26-56(27-31(30)23-35)41-7-8-42(57)50-45(41)59/h1-6,20-25,34,41,48-49H,7-19,26-27H2,(H,50,57,59)(H2,51,52,53,58). The number of carbonyl (C=O) groups excluding carboxylic acids is 3. The highest BCUT2D eigenvalue weighted by Gasteiger charge is 2.35. The Morgan fingerprint density at radius 3 is 2.45 bits per heavy atom. The maximum Gasteiger partial charge on any atom is 0.258 e. The Labute approximate surface area is 346 Å². The van der Waals surface area contributed by atoms with Crippen LogP contribution in [-0.4, -0.2) is 102 Å². The number of fused-ring (bicyclic) bond motifs is 2. The molecule has 0 radical (unpaired) electrons. The molecule has 3 fully saturated rings. The number of halogens is 2. The average Bonchev–Trinajstić information content (AvgIpc) is 3.84. The lowest BCUT2D eigenvalue weighted by molar-refractivity contribution is -0.137. The van der Waals surface area contributed by atoms with E-state index < -0.39 is 11.6 Å². The van der Waals surface area contributed by atoms with E-state index in [4.69, 9.17) is 4.74 Å². The third-order valence-electron chi connectivity index (χ3n) is 12.1. The molecule has 5 N–H and O–H groups in total. The van der Waals surface area contributed by atoms with Crippen molar-refractivity contribution in [3.63, 3.8) is 0 Å². The van der Waals surface area contributed by atoms with Gasteiger partial charge in [-0.3, -0.25) is 34.6 Å². The predicted octanol–water partition coefficient (Wildman–Crippen LogP) is 5.63. The molecule has 0 spiro atoms. The fourth-order valence-electron chi connectivity index (χ4n) is 8.87. The Morgan fingerprint density at radius 2 is 1.65 bits per heavy atom. The summed E-state index contributed by atoms with van der Waals surface area (Å²) in [7, 11) is 0. The van der Waals surface area contributed by atoms with Crippen LogP contribution in [0.3, 0.4) is 0 Å². The second kappa shape index (κ2) is 17.4. The molecule has 1 unspecified atom stereocenters. The van der Waals surface area contributed by atoms with Gasteiger partial charge in [0.1, 0.15) is 11.6 Å². The molecule has 0 saturated carbocycles. The molecule has 5 aromatic rings. The van der Waals surface area contributed by atoms with E-state index in [1.807, 2.05) is 30.3 Å². The van der Waals surface area contributed by atoms with Gasteiger partial charge in [0.25, 0.3) is 5.91 Å². The number of carbonyl (C=O) groups is 3. The second-order valence-electron chi connectivity index (χ2n) is 16.2. The number of hydrogen-bond donors (Lipinski definition) is 5. The van der Waals surface area contributed by atoms with Crippen molar-refractivity contribution in [1.29, 1.82) is 0 Å². The van der Waals surface area contributed by atoms with Gasteiger partial charge in [0.15, 0.2) is 5.82 Å². The van der Waals surface area contributed by atoms with Crippen LogP contribution in [0.15, 0.2) is 72.8 Å². The molecule has 3 saturated heterocycles. The summed E-state index contributed by atoms with van der Waals surface area (Å²) < 4.78 is 33.4. The Morgan fingerprint density at radius 1 is 0.850 bits per heavy atom. The van der Waals surface area contributed by atoms with E-state index in [-0.39, 0.29) is 29.8 Å². The topological polar surface area (TPSA) is 147 Å². The number of benzene rings is 4. The fourth-order valence-corrected chi connectivity index (χ4v) is 8.87. The molecular formula is C45H49F2N9O4. The number of piperazine rings is 1. The zero-order valence-electron chi connectivity index (χ0n) is 33.4. The quantitative estimate of drug-likeness (QED) is 0.101. The Bertz CT molecular complexity index is 2390. The lowest BCUT2D eigenvalue weighted by Gasteiger charge is -2.36. The van der Waals surface area contributed by atoms with Crippen molar-refractivity contribution in [3.8, 4) is 0 Å². The van der Waals surface area contributed by atoms with Gasteiger partial charge in [-0.2, -0.15) is 5.10 Å². The fraction of sp³-hybridized carbons (Fsp3) is 0.378. The Kier molecular flexibility index (Phi) is 11.4. The van der Waals surface area contributed by atoms with Crippen molar-refractivity contribution in [2.75, 3.05) is 73.3 Å². The van der Waals surface area contributed by atoms with E-state index in [0.717, 1.165) is 86.3 Å². The van der Waals surface area contributed by atoms with Gasteiger partial charge in [0.2, 0.25) is 11.8 Å². The normalized spacial score (nSPS) is 19.0. The van der Waals surface area contributed by atoms with Gasteiger partial charge in [-0.25, -0.2) is 8.78 Å². The first kappa shape index (κ1) is 39.6. The molecule has 3 amide bonds. The van der Waals surface area contributed by atoms with E-state index in [1.165, 1.54) is 23.3 Å². The number of aromatic nitrogens is 2. The summed E-state index contributed by atoms with van der Waals surface area (Å²) in [4.78, 5) is 45.0. The van der Waals surface area contributed by atoms with E-state index in [9.17, 15) is 23.2 Å². The van der Waals surface area contributed by atoms with Crippen LogP contribution in [-0.2, 0) is 33.8 Å². The first-order chi connectivity index (χ1) is 29.2. The molecule has 0 aliphatic carbocycles. The summed E-state index contributed by atoms with van der Waals surface area (Å²) in [5, 5.41) is 20.8. The number of H-pyrrole nitrogens is 1. The van der Waals surface area contributed by atoms with Crippen LogP contribution in [0.4, 0.5) is 31.7 Å². The molecule has 13 nitrogen and oxygen atoms in total. The van der Waals surface area contributed by atoms with Gasteiger partial charge in [0, 0.05) is 107 Å². The number of imide groups is 1. The van der Waals surface area contributed by atoms with Crippen molar-refractivity contribution < 1.29 is 27.9 Å². The van der Waals surface area contributed by atoms with Crippen molar-refractivity contribution in [1.82, 2.24) is 25.3 Å². The van der Waals surface area contributed by atoms with E-state index >= 15 is 0 Å². The molecule has 60 heavy (non-hydrogen) atoms. The van der Waals surface area contributed by atoms with Crippen LogP contribution >= 0.6 is 0 Å². The molecule has 9 rings (SSSR count). The van der Waals surface area contributed by atoms with Crippen molar-refractivity contribution >= 4 is 51.5 Å². The van der Waals surface area contributed by atoms with Crippen LogP contribution in [0.2, 0.25) is 0 Å². The lowest BCUT2D eigenvalue weighted by Crippen LogP contribution is -2.50. The molecule has 5 heterocycles. The number of ether oxygens (including phenoxy) is 1. The number of piperidine rings is 1. The van der Waals surface area contributed by atoms with Crippen LogP contribution in [0, 0.1) is 11.6 Å². The first-order valence-corrected chi connectivity index (χ1v) is 20.8. The van der Waals surface area contributed by atoms with Crippen LogP contribution in [0.25, 0.3) is 10.9 Å². The van der Waals surface area contributed by atoms with Crippen molar-refractivity contribution in [3.05, 3.63) is 112 Å². The number of nitrogens with zero attached hydrogens (tertiary/aromatic N) is 4. The zero-order chi connectivity index (χ0) is 41.2. The smallest absolute Gasteiger partial charge is 0.258 e. The van der Waals surface area contributed by atoms with Crippen molar-refractivity contribution in [2.24, 2.45) is 0 Å². The van der Waals surface area contributed by atoms with Gasteiger partial charge < -0.3 is 25.6 Å². The highest BCUT2D eigenvalue weighted by atomic mass is 19.1. The number of anilines is 4. The maximum atomic E-state index is 14.0. The number of nitrogens with one attached hydrogen (secondary N) is 5. The third kappa shape index (κ3) is 8.98. The molecule has 1 atom stereocenters. The second-order valence-corrected chi connectivity index (χ2v) is 16.2. The largest absolute Gasteiger partial charge is 0.384 e. The molecule has 4 aliphatic heterocycles. The van der Waals surface area contributed by atoms with Gasteiger partial charge >= 0.3 is 0 Å². The minimum absolute atomic E-state index is 0.168. The van der Waals surface area contributed by atoms with Crippen LogP contribution in [0.5, 0.6) is 0 Å². The van der Waals surface area contributed by atoms with Crippen LogP contribution in [0.1, 0.15) is 58.3 Å². The van der Waals surface area contributed by atoms with Gasteiger partial charge in [0.05, 0.1) is 17.1 Å². The van der Waals surface area contributed by atoms with Crippen LogP contribution < -0.4 is 26.2 Å². The number of hydrogen-bond acceptors (Lipinski definition) is 10. The summed E-state index contributed by atoms with van der Waals surface area (Å²) in [5.74, 6) is -1.55. The Hall–Kier alpha value is -5.90. The zero-order valence-corrected chi connectivity index (χ0v) is 33.4. The lowest BCUT2D eigenvalue weighted by atomic mass is 10.0. The summed E-state index contributed by atoms with van der Waals surface area (Å²) in [6.45, 7) is 7.94. The predicted molar refractivity (Wildman–Crippen MR) is 226 cm³/mol. The molecule has 1 aromatic heterocycles. The molecule has 0 bridgehead atoms. The molecular weight excluding hydrogens is 769 g/mol. The Balaban J connectivity index is 0.817. The van der Waals surface area contributed by atoms with Gasteiger partial charge in [-0.05, 0) is 103 Å². The first-order valence-electron chi connectivity index (χ1n) is 20.8. The van der Waals surface area contributed by atoms with Crippen molar-refractivity contribution in [2.45, 2.75) is 57.3 Å². The van der Waals surface area contributed by atoms with E-state index in [2.05, 4.69) is 70.4 Å². The summed E-state index contributed by atoms with van der Waals surface area (Å²) in [6, 6.07) is 21.4. The molecule has 4 aromatic carbocycles. The summed E-state index contributed by atoms with van der Waals surface area (Å²) in [5.41, 5.74) is 7.89. The monoisotopic (exact) mass is 817 g/mol. The molecule has 312 valence electrons. The summed E-state index contributed by atoms with van der Waals surface area (Å²) >= 11 is 0. The van der Waals surface area contributed by atoms with Gasteiger partial charge in [-0.1, -0.05) is 12.1 Å². The minimum Gasteiger partial charge on any atom is -0.384 e. The number of rotatable bonds is 12. The summed E-state index contributed by atoms with van der Waals surface area (Å²) in [6.07, 6.45) is 2.94. The SMILES string of the molecule is O=C1CCC(N2Cc3ccc(NCCN4CCN(c5ccc(C(=O)Nc6n[nH]c7ccc(Cc8cc(F)cc(F)c8)cc67)c(NC6CCOCC6)c5)CC4)cc3C2)C(=O)N1. The number of aromatic amines is 1. The minimum atomic E-state index is -0.624.